The first-order valence-corrected chi connectivity index (χ1v) is 17.8. The van der Waals surface area contributed by atoms with Gasteiger partial charge >= 0.3 is 0 Å². The van der Waals surface area contributed by atoms with Gasteiger partial charge < -0.3 is 4.57 Å². The molecule has 10 rings (SSSR count). The molecule has 0 saturated heterocycles. The molecule has 0 aliphatic rings. The molecule has 50 heavy (non-hydrogen) atoms. The summed E-state index contributed by atoms with van der Waals surface area (Å²) in [5.74, 6) is 0. The van der Waals surface area contributed by atoms with Crippen LogP contribution in [-0.4, -0.2) is 9.55 Å². The highest BCUT2D eigenvalue weighted by Gasteiger charge is 2.19. The normalized spacial score (nSPS) is 11.6. The van der Waals surface area contributed by atoms with E-state index < -0.39 is 0 Å². The maximum absolute atomic E-state index is 5.47. The van der Waals surface area contributed by atoms with Crippen LogP contribution in [0.15, 0.2) is 182 Å². The molecule has 0 bridgehead atoms. The molecule has 10 aromatic rings. The molecule has 0 aliphatic heterocycles. The summed E-state index contributed by atoms with van der Waals surface area (Å²) < 4.78 is 5.00. The quantitative estimate of drug-likeness (QED) is 0.181. The Bertz CT molecular complexity index is 2850. The minimum Gasteiger partial charge on any atom is -0.309 e. The summed E-state index contributed by atoms with van der Waals surface area (Å²) in [6.45, 7) is 0. The second kappa shape index (κ2) is 11.7. The van der Waals surface area contributed by atoms with Gasteiger partial charge in [-0.3, -0.25) is 0 Å². The van der Waals surface area contributed by atoms with E-state index in [2.05, 4.69) is 187 Å². The van der Waals surface area contributed by atoms with Gasteiger partial charge in [0.15, 0.2) is 0 Å². The molecule has 0 radical (unpaired) electrons. The molecule has 0 spiro atoms. The molecule has 0 aliphatic carbocycles. The molecule has 0 amide bonds. The molecule has 0 N–H and O–H groups in total. The first-order chi connectivity index (χ1) is 24.8. The number of benzene rings is 7. The Labute approximate surface area is 294 Å². The molecule has 3 heterocycles. The van der Waals surface area contributed by atoms with E-state index in [-0.39, 0.29) is 0 Å². The minimum absolute atomic E-state index is 0.952. The zero-order valence-corrected chi connectivity index (χ0v) is 27.9. The Hall–Kier alpha value is -6.29. The van der Waals surface area contributed by atoms with Crippen LogP contribution in [0.3, 0.4) is 0 Å². The molecule has 3 aromatic heterocycles. The van der Waals surface area contributed by atoms with Gasteiger partial charge in [0.05, 0.1) is 22.4 Å². The van der Waals surface area contributed by atoms with Crippen molar-refractivity contribution in [2.45, 2.75) is 0 Å². The third-order valence-corrected chi connectivity index (χ3v) is 11.0. The standard InChI is InChI=1S/C47H30N2S/c1-3-13-31(14-4-1)32-25-27-33(28-26-32)42-29-34(36-19-11-21-40-38-18-8-10-24-45(38)50-47(36)40)30-43(48-42)41-22-12-20-39-37-17-7-9-23-44(37)49(46(39)41)35-15-5-2-6-16-35/h1-30H. The topological polar surface area (TPSA) is 17.8 Å². The van der Waals surface area contributed by atoms with Crippen LogP contribution >= 0.6 is 11.3 Å². The van der Waals surface area contributed by atoms with E-state index in [1.807, 2.05) is 11.3 Å². The number of hydrogen-bond acceptors (Lipinski definition) is 2. The predicted molar refractivity (Wildman–Crippen MR) is 213 cm³/mol. The molecule has 2 nitrogen and oxygen atoms in total. The molecule has 3 heteroatoms. The second-order valence-corrected chi connectivity index (χ2v) is 13.8. The Balaban J connectivity index is 1.25. The van der Waals surface area contributed by atoms with Crippen LogP contribution in [0.1, 0.15) is 0 Å². The second-order valence-electron chi connectivity index (χ2n) is 12.7. The lowest BCUT2D eigenvalue weighted by molar-refractivity contribution is 1.18. The van der Waals surface area contributed by atoms with Crippen molar-refractivity contribution in [1.82, 2.24) is 9.55 Å². The average molecular weight is 655 g/mol. The van der Waals surface area contributed by atoms with Crippen LogP contribution in [-0.2, 0) is 0 Å². The van der Waals surface area contributed by atoms with Crippen LogP contribution in [0.2, 0.25) is 0 Å². The van der Waals surface area contributed by atoms with Crippen LogP contribution in [0, 0.1) is 0 Å². The molecule has 0 atom stereocenters. The number of fused-ring (bicyclic) bond motifs is 6. The van der Waals surface area contributed by atoms with Crippen molar-refractivity contribution in [3.8, 4) is 50.5 Å². The fourth-order valence-electron chi connectivity index (χ4n) is 7.48. The van der Waals surface area contributed by atoms with Gasteiger partial charge in [-0.25, -0.2) is 4.98 Å². The van der Waals surface area contributed by atoms with E-state index in [9.17, 15) is 0 Å². The lowest BCUT2D eigenvalue weighted by atomic mass is 9.97. The van der Waals surface area contributed by atoms with Crippen LogP contribution < -0.4 is 0 Å². The Morgan fingerprint density at radius 3 is 1.82 bits per heavy atom. The number of hydrogen-bond donors (Lipinski definition) is 0. The number of pyridine rings is 1. The van der Waals surface area contributed by atoms with E-state index in [1.165, 1.54) is 53.2 Å². The van der Waals surface area contributed by atoms with E-state index in [0.717, 1.165) is 39.3 Å². The Kier molecular flexibility index (Phi) is 6.71. The van der Waals surface area contributed by atoms with Gasteiger partial charge in [-0.05, 0) is 58.7 Å². The van der Waals surface area contributed by atoms with Gasteiger partial charge in [0.25, 0.3) is 0 Å². The van der Waals surface area contributed by atoms with Crippen LogP contribution in [0.25, 0.3) is 92.4 Å². The van der Waals surface area contributed by atoms with Gasteiger partial charge in [-0.1, -0.05) is 146 Å². The van der Waals surface area contributed by atoms with E-state index >= 15 is 0 Å². The van der Waals surface area contributed by atoms with Crippen molar-refractivity contribution in [2.75, 3.05) is 0 Å². The first kappa shape index (κ1) is 28.7. The highest BCUT2D eigenvalue weighted by atomic mass is 32.1. The van der Waals surface area contributed by atoms with Crippen molar-refractivity contribution < 1.29 is 0 Å². The lowest BCUT2D eigenvalue weighted by Crippen LogP contribution is -1.97. The summed E-state index contributed by atoms with van der Waals surface area (Å²) in [7, 11) is 0. The molecule has 0 unspecified atom stereocenters. The molecule has 0 fully saturated rings. The molecule has 7 aromatic carbocycles. The zero-order valence-electron chi connectivity index (χ0n) is 27.1. The molecule has 234 valence electrons. The number of rotatable bonds is 5. The van der Waals surface area contributed by atoms with Crippen LogP contribution in [0.5, 0.6) is 0 Å². The fourth-order valence-corrected chi connectivity index (χ4v) is 8.72. The van der Waals surface area contributed by atoms with Crippen molar-refractivity contribution in [2.24, 2.45) is 0 Å². The number of nitrogens with zero attached hydrogens (tertiary/aromatic N) is 2. The third kappa shape index (κ3) is 4.67. The summed E-state index contributed by atoms with van der Waals surface area (Å²) >= 11 is 1.87. The maximum Gasteiger partial charge on any atom is 0.0737 e. The minimum atomic E-state index is 0.952. The monoisotopic (exact) mass is 654 g/mol. The van der Waals surface area contributed by atoms with Crippen LogP contribution in [0.4, 0.5) is 0 Å². The number of aromatic nitrogens is 2. The molecular weight excluding hydrogens is 625 g/mol. The summed E-state index contributed by atoms with van der Waals surface area (Å²) in [5, 5.41) is 5.05. The van der Waals surface area contributed by atoms with Crippen molar-refractivity contribution in [3.05, 3.63) is 182 Å². The van der Waals surface area contributed by atoms with Gasteiger partial charge in [0, 0.05) is 47.8 Å². The summed E-state index contributed by atoms with van der Waals surface area (Å²) in [6, 6.07) is 65.4. The molecular formula is C47H30N2S. The van der Waals surface area contributed by atoms with Gasteiger partial charge in [-0.15, -0.1) is 11.3 Å². The molecule has 0 saturated carbocycles. The number of thiophene rings is 1. The van der Waals surface area contributed by atoms with Crippen molar-refractivity contribution in [1.29, 1.82) is 0 Å². The highest BCUT2D eigenvalue weighted by Crippen LogP contribution is 2.43. The van der Waals surface area contributed by atoms with E-state index in [4.69, 9.17) is 4.98 Å². The Morgan fingerprint density at radius 2 is 1.00 bits per heavy atom. The number of para-hydroxylation sites is 3. The van der Waals surface area contributed by atoms with Gasteiger partial charge in [-0.2, -0.15) is 0 Å². The first-order valence-electron chi connectivity index (χ1n) is 17.0. The van der Waals surface area contributed by atoms with Gasteiger partial charge in [0.1, 0.15) is 0 Å². The van der Waals surface area contributed by atoms with E-state index in [1.54, 1.807) is 0 Å². The predicted octanol–water partition coefficient (Wildman–Crippen LogP) is 13.2. The highest BCUT2D eigenvalue weighted by molar-refractivity contribution is 7.26. The third-order valence-electron chi connectivity index (χ3n) is 9.81. The summed E-state index contributed by atoms with van der Waals surface area (Å²) in [4.78, 5) is 5.47. The smallest absolute Gasteiger partial charge is 0.0737 e. The fraction of sp³-hybridized carbons (Fsp3) is 0. The Morgan fingerprint density at radius 1 is 0.400 bits per heavy atom. The largest absolute Gasteiger partial charge is 0.309 e. The van der Waals surface area contributed by atoms with Crippen molar-refractivity contribution in [3.63, 3.8) is 0 Å². The summed E-state index contributed by atoms with van der Waals surface area (Å²) in [6.07, 6.45) is 0. The zero-order chi connectivity index (χ0) is 33.0. The van der Waals surface area contributed by atoms with Gasteiger partial charge in [0.2, 0.25) is 0 Å². The van der Waals surface area contributed by atoms with E-state index in [0.29, 0.717) is 0 Å². The lowest BCUT2D eigenvalue weighted by Gasteiger charge is -2.14. The maximum atomic E-state index is 5.47. The SMILES string of the molecule is c1ccc(-c2ccc(-c3cc(-c4cccc5c4sc4ccccc45)cc(-c4cccc5c6ccccc6n(-c6ccccc6)c45)n3)cc2)cc1. The summed E-state index contributed by atoms with van der Waals surface area (Å²) in [5.41, 5.74) is 12.4. The average Bonchev–Trinajstić information content (AvgIpc) is 3.75. The van der Waals surface area contributed by atoms with Crippen molar-refractivity contribution >= 4 is 53.3 Å².